The molecule has 0 aliphatic carbocycles. The number of ether oxygens (including phenoxy) is 1. The van der Waals surface area contributed by atoms with Crippen LogP contribution in [0.2, 0.25) is 0 Å². The predicted octanol–water partition coefficient (Wildman–Crippen LogP) is 8.24. The van der Waals surface area contributed by atoms with E-state index in [0.717, 1.165) is 33.3 Å². The first-order valence-corrected chi connectivity index (χ1v) is 22.4. The van der Waals surface area contributed by atoms with Gasteiger partial charge in [0.05, 0.1) is 0 Å². The largest absolute Gasteiger partial charge is 0 e. The molecule has 0 saturated carbocycles. The molecule has 54 heavy (non-hydrogen) atoms. The maximum atomic E-state index is 6.75. The van der Waals surface area contributed by atoms with Crippen LogP contribution in [0.15, 0.2) is 134 Å². The number of rotatable bonds is 3. The molecule has 266 valence electrons. The summed E-state index contributed by atoms with van der Waals surface area (Å²) >= 11 is -3.46. The third kappa shape index (κ3) is 4.52. The molecule has 0 fully saturated rings. The molecule has 0 saturated heterocycles. The van der Waals surface area contributed by atoms with E-state index in [1.165, 1.54) is 45.6 Å². The van der Waals surface area contributed by atoms with Gasteiger partial charge in [0, 0.05) is 21.1 Å². The molecule has 11 rings (SSSR count). The molecular formula is C47H35GeN4OPt-3. The Bertz CT molecular complexity index is 2790. The second kappa shape index (κ2) is 12.0. The van der Waals surface area contributed by atoms with E-state index < -0.39 is 13.3 Å². The number of pyridine rings is 1. The van der Waals surface area contributed by atoms with E-state index >= 15 is 0 Å². The van der Waals surface area contributed by atoms with Crippen molar-refractivity contribution in [2.75, 3.05) is 16.8 Å². The SMILES string of the molecule is CN1[CH-]N2c3[c-]c(Oc4[c-]c5c(cc4)c4ccccc4n5-c4cc(C(C)(C)C)ccn4)cc[c]3[Ge]3([c]4ccccc4-c4cccc[c]43)[c]3cccc1c32.[Pt]. The van der Waals surface area contributed by atoms with Gasteiger partial charge in [-0.25, -0.2) is 0 Å². The fourth-order valence-corrected chi connectivity index (χ4v) is 20.6. The summed E-state index contributed by atoms with van der Waals surface area (Å²) in [5.41, 5.74) is 9.51. The van der Waals surface area contributed by atoms with Crippen molar-refractivity contribution < 1.29 is 25.8 Å². The van der Waals surface area contributed by atoms with E-state index in [1.54, 1.807) is 0 Å². The van der Waals surface area contributed by atoms with Crippen LogP contribution in [0.4, 0.5) is 17.1 Å². The van der Waals surface area contributed by atoms with E-state index in [-0.39, 0.29) is 26.5 Å². The van der Waals surface area contributed by atoms with Crippen LogP contribution in [0.3, 0.4) is 0 Å². The number of anilines is 3. The third-order valence-electron chi connectivity index (χ3n) is 11.4. The maximum Gasteiger partial charge on any atom is 0 e. The second-order valence-electron chi connectivity index (χ2n) is 15.4. The van der Waals surface area contributed by atoms with Crippen molar-refractivity contribution in [1.29, 1.82) is 0 Å². The van der Waals surface area contributed by atoms with Crippen molar-refractivity contribution in [3.05, 3.63) is 158 Å². The van der Waals surface area contributed by atoms with Crippen LogP contribution in [0, 0.1) is 18.8 Å². The average molecular weight is 940 g/mol. The van der Waals surface area contributed by atoms with E-state index in [2.05, 4.69) is 182 Å². The number of nitrogens with zero attached hydrogens (tertiary/aromatic N) is 4. The molecule has 0 atom stereocenters. The van der Waals surface area contributed by atoms with Crippen LogP contribution < -0.4 is 32.1 Å². The van der Waals surface area contributed by atoms with Gasteiger partial charge in [-0.05, 0) is 11.5 Å². The van der Waals surface area contributed by atoms with Crippen molar-refractivity contribution in [2.24, 2.45) is 0 Å². The molecule has 0 unspecified atom stereocenters. The van der Waals surface area contributed by atoms with Gasteiger partial charge in [-0.1, -0.05) is 20.8 Å². The number of benzene rings is 6. The Balaban J connectivity index is 0.00000361. The molecule has 8 aromatic rings. The normalized spacial score (nSPS) is 14.5. The summed E-state index contributed by atoms with van der Waals surface area (Å²) in [5.74, 6) is 2.17. The van der Waals surface area contributed by atoms with Crippen molar-refractivity contribution in [2.45, 2.75) is 26.2 Å². The van der Waals surface area contributed by atoms with Crippen LogP contribution in [0.5, 0.6) is 11.5 Å². The standard InChI is InChI=1S/C47H35GeN4O.Pt/c1-47(2,3)30-24-25-49-45(26-30)52-41-18-10-7-14-35(41)36-22-20-31(27-43(36)52)53-32-21-23-39-44(28-32)51-29-50(4)42-19-11-17-40(46(42)51)48(39)37-15-8-5-12-33(37)34-13-6-9-16-38(34)48;/h5-26,29H,1-4H3;/q-3;. The topological polar surface area (TPSA) is 33.5 Å². The number of hydrogen-bond donors (Lipinski definition) is 0. The summed E-state index contributed by atoms with van der Waals surface area (Å²) in [6, 6.07) is 53.9. The van der Waals surface area contributed by atoms with Crippen LogP contribution in [-0.4, -0.2) is 29.9 Å². The summed E-state index contributed by atoms with van der Waals surface area (Å²) in [5, 5.41) is 2.27. The first-order valence-electron chi connectivity index (χ1n) is 18.2. The Hall–Kier alpha value is -5.10. The summed E-state index contributed by atoms with van der Waals surface area (Å²) < 4.78 is 14.8. The molecule has 0 bridgehead atoms. The van der Waals surface area contributed by atoms with Gasteiger partial charge in [0.25, 0.3) is 0 Å². The maximum absolute atomic E-state index is 6.75. The Morgan fingerprint density at radius 1 is 0.685 bits per heavy atom. The predicted molar refractivity (Wildman–Crippen MR) is 219 cm³/mol. The van der Waals surface area contributed by atoms with Gasteiger partial charge in [0.15, 0.2) is 0 Å². The van der Waals surface area contributed by atoms with Crippen LogP contribution in [-0.2, 0) is 26.5 Å². The molecule has 2 aromatic heterocycles. The van der Waals surface area contributed by atoms with Crippen LogP contribution in [0.1, 0.15) is 26.3 Å². The fourth-order valence-electron chi connectivity index (χ4n) is 9.11. The monoisotopic (exact) mass is 940 g/mol. The summed E-state index contributed by atoms with van der Waals surface area (Å²) in [6.07, 6.45) is 1.91. The molecule has 7 heteroatoms. The van der Waals surface area contributed by atoms with E-state index in [4.69, 9.17) is 9.72 Å². The van der Waals surface area contributed by atoms with Gasteiger partial charge < -0.3 is 0 Å². The zero-order chi connectivity index (χ0) is 35.6. The average Bonchev–Trinajstić information content (AvgIpc) is 3.80. The zero-order valence-electron chi connectivity index (χ0n) is 30.3. The summed E-state index contributed by atoms with van der Waals surface area (Å²) in [4.78, 5) is 9.44. The molecule has 0 radical (unpaired) electrons. The number of hydrogen-bond acceptors (Lipinski definition) is 4. The molecular weight excluding hydrogens is 904 g/mol. The van der Waals surface area contributed by atoms with Crippen molar-refractivity contribution in [3.63, 3.8) is 0 Å². The second-order valence-corrected chi connectivity index (χ2v) is 23.1. The Morgan fingerprint density at radius 3 is 2.15 bits per heavy atom. The first kappa shape index (κ1) is 33.5. The molecule has 5 nitrogen and oxygen atoms in total. The number of aromatic nitrogens is 2. The molecule has 3 aliphatic rings. The fraction of sp³-hybridized carbons (Fsp3) is 0.106. The van der Waals surface area contributed by atoms with Gasteiger partial charge in [0.1, 0.15) is 0 Å². The van der Waals surface area contributed by atoms with Gasteiger partial charge in [-0.15, -0.1) is 0 Å². The first-order chi connectivity index (χ1) is 25.8. The summed E-state index contributed by atoms with van der Waals surface area (Å²) in [7, 11) is 2.14. The van der Waals surface area contributed by atoms with Crippen LogP contribution >= 0.6 is 0 Å². The molecule has 1 spiro atoms. The van der Waals surface area contributed by atoms with Crippen molar-refractivity contribution in [3.8, 4) is 28.4 Å². The minimum atomic E-state index is -3.46. The van der Waals surface area contributed by atoms with E-state index in [1.807, 2.05) is 12.3 Å². The van der Waals surface area contributed by atoms with Gasteiger partial charge >= 0.3 is 281 Å². The minimum absolute atomic E-state index is 0. The quantitative estimate of drug-likeness (QED) is 0.132. The van der Waals surface area contributed by atoms with Crippen molar-refractivity contribution in [1.82, 2.24) is 9.55 Å². The zero-order valence-corrected chi connectivity index (χ0v) is 34.7. The van der Waals surface area contributed by atoms with Crippen LogP contribution in [0.25, 0.3) is 38.8 Å². The smallest absolute Gasteiger partial charge is 0 e. The molecule has 5 heterocycles. The van der Waals surface area contributed by atoms with E-state index in [9.17, 15) is 0 Å². The van der Waals surface area contributed by atoms with Gasteiger partial charge in [0.2, 0.25) is 0 Å². The summed E-state index contributed by atoms with van der Waals surface area (Å²) in [6.45, 7) is 8.90. The molecule has 3 aliphatic heterocycles. The van der Waals surface area contributed by atoms with Gasteiger partial charge in [-0.2, -0.15) is 0 Å². The Kier molecular flexibility index (Phi) is 7.41. The Morgan fingerprint density at radius 2 is 1.37 bits per heavy atom. The van der Waals surface area contributed by atoms with Crippen molar-refractivity contribution >= 4 is 69.7 Å². The number of fused-ring (bicyclic) bond motifs is 12. The third-order valence-corrected chi connectivity index (χ3v) is 21.7. The van der Waals surface area contributed by atoms with Gasteiger partial charge in [-0.3, -0.25) is 0 Å². The molecule has 6 aromatic carbocycles. The van der Waals surface area contributed by atoms with E-state index in [0.29, 0.717) is 11.5 Å². The molecule has 0 N–H and O–H groups in total. The minimum Gasteiger partial charge on any atom is 0 e. The Labute approximate surface area is 332 Å². The number of para-hydroxylation sites is 2. The molecule has 0 amide bonds.